The molecule has 2 nitrogen and oxygen atoms in total. The zero-order valence-corrected chi connectivity index (χ0v) is 12.0. The number of hydrogen-bond donors (Lipinski definition) is 1. The average Bonchev–Trinajstić information content (AvgIpc) is 2.98. The van der Waals surface area contributed by atoms with Crippen LogP contribution in [0.5, 0.6) is 0 Å². The molecule has 1 aliphatic carbocycles. The molecule has 2 rings (SSSR count). The van der Waals surface area contributed by atoms with E-state index >= 15 is 0 Å². The number of carbonyl (C=O) groups is 1. The molecule has 0 amide bonds. The Kier molecular flexibility index (Phi) is 6.18. The third kappa shape index (κ3) is 4.79. The summed E-state index contributed by atoms with van der Waals surface area (Å²) < 4.78 is 0. The van der Waals surface area contributed by atoms with E-state index in [4.69, 9.17) is 0 Å². The topological polar surface area (TPSA) is 29.1 Å². The molecule has 0 aromatic carbocycles. The van der Waals surface area contributed by atoms with Crippen molar-refractivity contribution in [2.75, 3.05) is 0 Å². The SMILES string of the molecule is CCC1CC(CC)N1.CCCC1CC1C(C)=O. The summed E-state index contributed by atoms with van der Waals surface area (Å²) in [5.41, 5.74) is 0. The van der Waals surface area contributed by atoms with Crippen LogP contribution < -0.4 is 5.32 Å². The van der Waals surface area contributed by atoms with Crippen LogP contribution in [0, 0.1) is 11.8 Å². The molecule has 1 saturated carbocycles. The number of ketones is 1. The summed E-state index contributed by atoms with van der Waals surface area (Å²) in [5, 5.41) is 3.48. The van der Waals surface area contributed by atoms with Crippen molar-refractivity contribution in [3.63, 3.8) is 0 Å². The van der Waals surface area contributed by atoms with Crippen molar-refractivity contribution in [3.8, 4) is 0 Å². The minimum atomic E-state index is 0.397. The van der Waals surface area contributed by atoms with Gasteiger partial charge in [-0.1, -0.05) is 27.2 Å². The first-order valence-electron chi connectivity index (χ1n) is 7.38. The molecule has 0 bridgehead atoms. The summed E-state index contributed by atoms with van der Waals surface area (Å²) in [6, 6.07) is 1.69. The van der Waals surface area contributed by atoms with Crippen molar-refractivity contribution in [1.82, 2.24) is 5.32 Å². The van der Waals surface area contributed by atoms with Crippen LogP contribution in [0.25, 0.3) is 0 Å². The van der Waals surface area contributed by atoms with E-state index in [1.807, 2.05) is 0 Å². The third-order valence-electron chi connectivity index (χ3n) is 4.13. The first-order chi connectivity index (χ1) is 8.12. The molecule has 17 heavy (non-hydrogen) atoms. The summed E-state index contributed by atoms with van der Waals surface area (Å²) in [5.74, 6) is 1.60. The number of carbonyl (C=O) groups excluding carboxylic acids is 1. The van der Waals surface area contributed by atoms with Gasteiger partial charge in [-0.2, -0.15) is 0 Å². The number of nitrogens with one attached hydrogen (secondary N) is 1. The molecular formula is C15H29NO. The van der Waals surface area contributed by atoms with Crippen molar-refractivity contribution >= 4 is 5.78 Å². The average molecular weight is 239 g/mol. The van der Waals surface area contributed by atoms with Crippen molar-refractivity contribution in [2.24, 2.45) is 11.8 Å². The predicted octanol–water partition coefficient (Wildman–Crippen LogP) is 3.55. The van der Waals surface area contributed by atoms with Crippen molar-refractivity contribution < 1.29 is 4.79 Å². The van der Waals surface area contributed by atoms with Gasteiger partial charge < -0.3 is 5.32 Å². The van der Waals surface area contributed by atoms with Gasteiger partial charge in [0.2, 0.25) is 0 Å². The van der Waals surface area contributed by atoms with Gasteiger partial charge >= 0.3 is 0 Å². The van der Waals surface area contributed by atoms with Crippen LogP contribution in [0.15, 0.2) is 0 Å². The predicted molar refractivity (Wildman–Crippen MR) is 73.1 cm³/mol. The first kappa shape index (κ1) is 14.7. The van der Waals surface area contributed by atoms with Gasteiger partial charge in [0.15, 0.2) is 0 Å². The molecule has 1 saturated heterocycles. The number of hydrogen-bond acceptors (Lipinski definition) is 2. The van der Waals surface area contributed by atoms with Gasteiger partial charge in [0.05, 0.1) is 0 Å². The largest absolute Gasteiger partial charge is 0.311 e. The normalized spacial score (nSPS) is 34.4. The highest BCUT2D eigenvalue weighted by molar-refractivity contribution is 5.81. The molecule has 2 aliphatic rings. The fourth-order valence-electron chi connectivity index (χ4n) is 2.66. The minimum absolute atomic E-state index is 0.397. The van der Waals surface area contributed by atoms with Crippen LogP contribution in [-0.2, 0) is 4.79 Å². The van der Waals surface area contributed by atoms with Gasteiger partial charge in [0.25, 0.3) is 0 Å². The van der Waals surface area contributed by atoms with Gasteiger partial charge in [0.1, 0.15) is 5.78 Å². The van der Waals surface area contributed by atoms with E-state index in [0.717, 1.165) is 18.0 Å². The van der Waals surface area contributed by atoms with Crippen LogP contribution >= 0.6 is 0 Å². The molecule has 4 unspecified atom stereocenters. The van der Waals surface area contributed by atoms with E-state index in [0.29, 0.717) is 11.7 Å². The van der Waals surface area contributed by atoms with Crippen molar-refractivity contribution in [1.29, 1.82) is 0 Å². The monoisotopic (exact) mass is 239 g/mol. The Morgan fingerprint density at radius 1 is 1.12 bits per heavy atom. The fraction of sp³-hybridized carbons (Fsp3) is 0.933. The molecule has 2 fully saturated rings. The van der Waals surface area contributed by atoms with E-state index in [9.17, 15) is 4.79 Å². The Bertz CT molecular complexity index is 225. The van der Waals surface area contributed by atoms with Gasteiger partial charge in [-0.05, 0) is 44.9 Å². The standard InChI is InChI=1S/C8H14O.C7H15N/c1-3-4-7-5-8(7)6(2)9;1-3-6-5-7(4-2)8-6/h7-8H,3-5H2,1-2H3;6-8H,3-5H2,1-2H3. The van der Waals surface area contributed by atoms with E-state index in [1.165, 1.54) is 38.5 Å². The zero-order chi connectivity index (χ0) is 12.8. The quantitative estimate of drug-likeness (QED) is 0.795. The molecule has 1 heterocycles. The van der Waals surface area contributed by atoms with Gasteiger partial charge in [0, 0.05) is 18.0 Å². The lowest BCUT2D eigenvalue weighted by Crippen LogP contribution is -2.51. The van der Waals surface area contributed by atoms with Gasteiger partial charge in [-0.25, -0.2) is 0 Å². The van der Waals surface area contributed by atoms with Crippen LogP contribution in [0.2, 0.25) is 0 Å². The van der Waals surface area contributed by atoms with Gasteiger partial charge in [-0.3, -0.25) is 4.79 Å². The van der Waals surface area contributed by atoms with Gasteiger partial charge in [-0.15, -0.1) is 0 Å². The second-order valence-corrected chi connectivity index (χ2v) is 5.61. The number of rotatable bonds is 5. The van der Waals surface area contributed by atoms with E-state index in [-0.39, 0.29) is 0 Å². The first-order valence-corrected chi connectivity index (χ1v) is 7.38. The Labute approximate surface area is 107 Å². The van der Waals surface area contributed by atoms with E-state index in [2.05, 4.69) is 26.1 Å². The Morgan fingerprint density at radius 2 is 1.65 bits per heavy atom. The molecule has 100 valence electrons. The third-order valence-corrected chi connectivity index (χ3v) is 4.13. The summed E-state index contributed by atoms with van der Waals surface area (Å²) >= 11 is 0. The Balaban J connectivity index is 0.000000171. The number of Topliss-reactive ketones (excluding diaryl/α,β-unsaturated/α-hetero) is 1. The molecule has 0 spiro atoms. The summed E-state index contributed by atoms with van der Waals surface area (Å²) in [6.07, 6.45) is 7.67. The highest BCUT2D eigenvalue weighted by Crippen LogP contribution is 2.42. The molecule has 2 heteroatoms. The van der Waals surface area contributed by atoms with E-state index < -0.39 is 0 Å². The summed E-state index contributed by atoms with van der Waals surface area (Å²) in [7, 11) is 0. The van der Waals surface area contributed by atoms with Crippen LogP contribution in [0.4, 0.5) is 0 Å². The molecule has 1 aliphatic heterocycles. The maximum Gasteiger partial charge on any atom is 0.133 e. The lowest BCUT2D eigenvalue weighted by Gasteiger charge is -2.36. The second kappa shape index (κ2) is 7.15. The Morgan fingerprint density at radius 3 is 1.94 bits per heavy atom. The lowest BCUT2D eigenvalue weighted by molar-refractivity contribution is -0.118. The minimum Gasteiger partial charge on any atom is -0.311 e. The molecule has 0 aromatic heterocycles. The van der Waals surface area contributed by atoms with E-state index in [1.54, 1.807) is 6.92 Å². The highest BCUT2D eigenvalue weighted by atomic mass is 16.1. The Hall–Kier alpha value is -0.370. The lowest BCUT2D eigenvalue weighted by atomic mass is 9.93. The zero-order valence-electron chi connectivity index (χ0n) is 12.0. The van der Waals surface area contributed by atoms with Crippen LogP contribution in [-0.4, -0.2) is 17.9 Å². The maximum absolute atomic E-state index is 10.7. The highest BCUT2D eigenvalue weighted by Gasteiger charge is 2.39. The van der Waals surface area contributed by atoms with Crippen molar-refractivity contribution in [2.45, 2.75) is 78.3 Å². The summed E-state index contributed by atoms with van der Waals surface area (Å²) in [4.78, 5) is 10.7. The smallest absolute Gasteiger partial charge is 0.133 e. The molecule has 1 N–H and O–H groups in total. The molecular weight excluding hydrogens is 210 g/mol. The van der Waals surface area contributed by atoms with Crippen LogP contribution in [0.3, 0.4) is 0 Å². The molecule has 0 aromatic rings. The van der Waals surface area contributed by atoms with Crippen molar-refractivity contribution in [3.05, 3.63) is 0 Å². The fourth-order valence-corrected chi connectivity index (χ4v) is 2.66. The van der Waals surface area contributed by atoms with Crippen LogP contribution in [0.1, 0.15) is 66.2 Å². The summed E-state index contributed by atoms with van der Waals surface area (Å²) in [6.45, 7) is 8.36. The maximum atomic E-state index is 10.7. The molecule has 0 radical (unpaired) electrons. The molecule has 4 atom stereocenters. The second-order valence-electron chi connectivity index (χ2n) is 5.61.